The summed E-state index contributed by atoms with van der Waals surface area (Å²) in [5.41, 5.74) is 2.32. The Bertz CT molecular complexity index is 435. The molecule has 0 saturated heterocycles. The molecule has 0 bridgehead atoms. The van der Waals surface area contributed by atoms with Gasteiger partial charge in [0.2, 0.25) is 5.91 Å². The highest BCUT2D eigenvalue weighted by molar-refractivity contribution is 5.90. The summed E-state index contributed by atoms with van der Waals surface area (Å²) < 4.78 is 0. The van der Waals surface area contributed by atoms with Crippen LogP contribution in [-0.2, 0) is 11.3 Å². The van der Waals surface area contributed by atoms with E-state index < -0.39 is 0 Å². The lowest BCUT2D eigenvalue weighted by atomic mass is 9.84. The van der Waals surface area contributed by atoms with E-state index >= 15 is 0 Å². The lowest BCUT2D eigenvalue weighted by molar-refractivity contribution is -0.117. The zero-order valence-electron chi connectivity index (χ0n) is 13.4. The van der Waals surface area contributed by atoms with Crippen molar-refractivity contribution in [2.45, 2.75) is 47.1 Å². The molecule has 0 aliphatic carbocycles. The third-order valence-electron chi connectivity index (χ3n) is 3.09. The number of benzene rings is 1. The Hall–Kier alpha value is -1.35. The van der Waals surface area contributed by atoms with E-state index in [9.17, 15) is 4.79 Å². The van der Waals surface area contributed by atoms with Crippen LogP contribution in [0, 0.1) is 11.3 Å². The zero-order valence-corrected chi connectivity index (χ0v) is 13.4. The van der Waals surface area contributed by atoms with Crippen molar-refractivity contribution in [3.8, 4) is 0 Å². The maximum atomic E-state index is 12.1. The molecule has 1 atom stereocenters. The fourth-order valence-corrected chi connectivity index (χ4v) is 2.61. The molecule has 0 fully saturated rings. The van der Waals surface area contributed by atoms with Crippen LogP contribution < -0.4 is 10.6 Å². The quantitative estimate of drug-likeness (QED) is 0.829. The Morgan fingerprint density at radius 3 is 2.60 bits per heavy atom. The molecule has 20 heavy (non-hydrogen) atoms. The van der Waals surface area contributed by atoms with E-state index in [1.54, 1.807) is 0 Å². The average Bonchev–Trinajstić information content (AvgIpc) is 2.26. The second-order valence-electron chi connectivity index (χ2n) is 6.85. The van der Waals surface area contributed by atoms with Gasteiger partial charge < -0.3 is 10.6 Å². The first-order chi connectivity index (χ1) is 9.30. The Morgan fingerprint density at radius 2 is 2.00 bits per heavy atom. The van der Waals surface area contributed by atoms with Crippen molar-refractivity contribution in [2.75, 3.05) is 12.4 Å². The number of amides is 1. The molecule has 0 spiro atoms. The lowest BCUT2D eigenvalue weighted by Gasteiger charge is -2.22. The highest BCUT2D eigenvalue weighted by atomic mass is 16.1. The first-order valence-electron chi connectivity index (χ1n) is 7.33. The van der Waals surface area contributed by atoms with Crippen LogP contribution in [0.2, 0.25) is 0 Å². The van der Waals surface area contributed by atoms with Gasteiger partial charge in [0.15, 0.2) is 0 Å². The van der Waals surface area contributed by atoms with Crippen molar-refractivity contribution in [1.82, 2.24) is 5.32 Å². The molecule has 0 aliphatic heterocycles. The number of hydrogen-bond acceptors (Lipinski definition) is 2. The zero-order chi connectivity index (χ0) is 15.2. The van der Waals surface area contributed by atoms with Crippen LogP contribution in [-0.4, -0.2) is 13.0 Å². The molecule has 112 valence electrons. The molecule has 3 heteroatoms. The van der Waals surface area contributed by atoms with Crippen LogP contribution in [0.25, 0.3) is 0 Å². The minimum Gasteiger partial charge on any atom is -0.326 e. The predicted molar refractivity (Wildman–Crippen MR) is 85.7 cm³/mol. The average molecular weight is 276 g/mol. The van der Waals surface area contributed by atoms with E-state index in [4.69, 9.17) is 0 Å². The fourth-order valence-electron chi connectivity index (χ4n) is 2.61. The maximum absolute atomic E-state index is 12.1. The molecule has 1 rings (SSSR count). The molecule has 1 unspecified atom stereocenters. The van der Waals surface area contributed by atoms with E-state index in [0.29, 0.717) is 12.3 Å². The molecule has 2 N–H and O–H groups in total. The van der Waals surface area contributed by atoms with Crippen LogP contribution in [0.1, 0.15) is 46.1 Å². The van der Waals surface area contributed by atoms with Crippen LogP contribution in [0.5, 0.6) is 0 Å². The van der Waals surface area contributed by atoms with Crippen LogP contribution in [0.3, 0.4) is 0 Å². The largest absolute Gasteiger partial charge is 0.326 e. The Balaban J connectivity index is 2.51. The summed E-state index contributed by atoms with van der Waals surface area (Å²) in [4.78, 5) is 12.1. The first kappa shape index (κ1) is 16.7. The number of anilines is 1. The highest BCUT2D eigenvalue weighted by Gasteiger charge is 2.17. The van der Waals surface area contributed by atoms with Gasteiger partial charge in [-0.25, -0.2) is 0 Å². The van der Waals surface area contributed by atoms with Crippen LogP contribution in [0.4, 0.5) is 5.69 Å². The van der Waals surface area contributed by atoms with Gasteiger partial charge in [-0.1, -0.05) is 39.8 Å². The van der Waals surface area contributed by atoms with Gasteiger partial charge in [0.05, 0.1) is 0 Å². The summed E-state index contributed by atoms with van der Waals surface area (Å²) in [5, 5.41) is 6.10. The van der Waals surface area contributed by atoms with Gasteiger partial charge in [-0.2, -0.15) is 0 Å². The second kappa shape index (κ2) is 7.44. The van der Waals surface area contributed by atoms with Gasteiger partial charge in [0, 0.05) is 18.7 Å². The van der Waals surface area contributed by atoms with Crippen molar-refractivity contribution < 1.29 is 4.79 Å². The standard InChI is InChI=1S/C17H28N2O/c1-13(11-17(2,3)4)9-16(20)19-15-8-6-7-14(10-15)12-18-5/h6-8,10,13,18H,9,11-12H2,1-5H3,(H,19,20). The Kier molecular flexibility index (Phi) is 6.21. The summed E-state index contributed by atoms with van der Waals surface area (Å²) >= 11 is 0. The summed E-state index contributed by atoms with van der Waals surface area (Å²) in [6.45, 7) is 9.58. The molecular formula is C17H28N2O. The van der Waals surface area contributed by atoms with Gasteiger partial charge in [-0.05, 0) is 42.5 Å². The van der Waals surface area contributed by atoms with Gasteiger partial charge in [0.1, 0.15) is 0 Å². The third-order valence-corrected chi connectivity index (χ3v) is 3.09. The number of hydrogen-bond donors (Lipinski definition) is 2. The molecule has 0 heterocycles. The van der Waals surface area contributed by atoms with E-state index in [1.807, 2.05) is 31.3 Å². The monoisotopic (exact) mass is 276 g/mol. The lowest BCUT2D eigenvalue weighted by Crippen LogP contribution is -2.19. The minimum atomic E-state index is 0.100. The summed E-state index contributed by atoms with van der Waals surface area (Å²) in [5.74, 6) is 0.499. The van der Waals surface area contributed by atoms with Crippen LogP contribution in [0.15, 0.2) is 24.3 Å². The Labute approximate surface area is 123 Å². The maximum Gasteiger partial charge on any atom is 0.224 e. The van der Waals surface area contributed by atoms with Crippen molar-refractivity contribution in [3.05, 3.63) is 29.8 Å². The molecule has 3 nitrogen and oxygen atoms in total. The van der Waals surface area contributed by atoms with Gasteiger partial charge >= 0.3 is 0 Å². The number of nitrogens with one attached hydrogen (secondary N) is 2. The first-order valence-corrected chi connectivity index (χ1v) is 7.33. The summed E-state index contributed by atoms with van der Waals surface area (Å²) in [6, 6.07) is 7.98. The summed E-state index contributed by atoms with van der Waals surface area (Å²) in [6.07, 6.45) is 1.63. The Morgan fingerprint density at radius 1 is 1.30 bits per heavy atom. The molecule has 0 radical (unpaired) electrons. The van der Waals surface area contributed by atoms with Crippen molar-refractivity contribution in [2.24, 2.45) is 11.3 Å². The minimum absolute atomic E-state index is 0.100. The number of rotatable bonds is 6. The molecule has 0 aromatic heterocycles. The fraction of sp³-hybridized carbons (Fsp3) is 0.588. The van der Waals surface area contributed by atoms with E-state index in [1.165, 1.54) is 5.56 Å². The van der Waals surface area contributed by atoms with E-state index in [-0.39, 0.29) is 11.3 Å². The second-order valence-corrected chi connectivity index (χ2v) is 6.85. The van der Waals surface area contributed by atoms with Crippen LogP contribution >= 0.6 is 0 Å². The normalized spacial score (nSPS) is 13.1. The topological polar surface area (TPSA) is 41.1 Å². The molecular weight excluding hydrogens is 248 g/mol. The summed E-state index contributed by atoms with van der Waals surface area (Å²) in [7, 11) is 1.92. The molecule has 1 aromatic rings. The smallest absolute Gasteiger partial charge is 0.224 e. The number of carbonyl (C=O) groups is 1. The molecule has 0 aliphatic rings. The van der Waals surface area contributed by atoms with Gasteiger partial charge in [-0.3, -0.25) is 4.79 Å². The third kappa shape index (κ3) is 6.71. The number of carbonyl (C=O) groups excluding carboxylic acids is 1. The van der Waals surface area contributed by atoms with Crippen molar-refractivity contribution >= 4 is 11.6 Å². The van der Waals surface area contributed by atoms with Gasteiger partial charge in [-0.15, -0.1) is 0 Å². The molecule has 1 amide bonds. The van der Waals surface area contributed by atoms with Crippen molar-refractivity contribution in [3.63, 3.8) is 0 Å². The highest BCUT2D eigenvalue weighted by Crippen LogP contribution is 2.26. The molecule has 1 aromatic carbocycles. The van der Waals surface area contributed by atoms with E-state index in [2.05, 4.69) is 38.3 Å². The SMILES string of the molecule is CNCc1cccc(NC(=O)CC(C)CC(C)(C)C)c1. The molecule has 0 saturated carbocycles. The van der Waals surface area contributed by atoms with E-state index in [0.717, 1.165) is 18.7 Å². The van der Waals surface area contributed by atoms with Crippen molar-refractivity contribution in [1.29, 1.82) is 0 Å². The van der Waals surface area contributed by atoms with Gasteiger partial charge in [0.25, 0.3) is 0 Å². The predicted octanol–water partition coefficient (Wildman–Crippen LogP) is 3.81.